The van der Waals surface area contributed by atoms with Crippen LogP contribution in [0.25, 0.3) is 0 Å². The summed E-state index contributed by atoms with van der Waals surface area (Å²) in [6, 6.07) is 6.05. The lowest BCUT2D eigenvalue weighted by atomic mass is 10.2. The first-order valence-corrected chi connectivity index (χ1v) is 6.33. The van der Waals surface area contributed by atoms with Crippen LogP contribution in [0.3, 0.4) is 0 Å². The lowest BCUT2D eigenvalue weighted by Crippen LogP contribution is -1.98. The average Bonchev–Trinajstić information content (AvgIpc) is 2.31. The largest absolute Gasteiger partial charge is 0.326 e. The van der Waals surface area contributed by atoms with Crippen LogP contribution >= 0.6 is 27.7 Å². The molecule has 0 unspecified atom stereocenters. The van der Waals surface area contributed by atoms with Crippen LogP contribution in [0, 0.1) is 0 Å². The van der Waals surface area contributed by atoms with Crippen molar-refractivity contribution < 1.29 is 0 Å². The van der Waals surface area contributed by atoms with Crippen LogP contribution in [0.5, 0.6) is 0 Å². The van der Waals surface area contributed by atoms with E-state index in [1.54, 1.807) is 30.4 Å². The van der Waals surface area contributed by atoms with Gasteiger partial charge in [0.05, 0.1) is 6.20 Å². The molecule has 0 amide bonds. The molecule has 3 nitrogen and oxygen atoms in total. The SMILES string of the molecule is NCc1ccc(Br)cc1Sc1cnccn1. The van der Waals surface area contributed by atoms with Gasteiger partial charge in [-0.2, -0.15) is 0 Å². The molecule has 0 aliphatic carbocycles. The molecule has 1 aromatic heterocycles. The molecule has 16 heavy (non-hydrogen) atoms. The van der Waals surface area contributed by atoms with E-state index in [0.29, 0.717) is 6.54 Å². The van der Waals surface area contributed by atoms with Gasteiger partial charge in [-0.25, -0.2) is 4.98 Å². The predicted octanol–water partition coefficient (Wildman–Crippen LogP) is 2.85. The highest BCUT2D eigenvalue weighted by Gasteiger charge is 2.05. The van der Waals surface area contributed by atoms with E-state index in [1.807, 2.05) is 18.2 Å². The second kappa shape index (κ2) is 5.43. The van der Waals surface area contributed by atoms with Gasteiger partial charge in [0, 0.05) is 28.3 Å². The smallest absolute Gasteiger partial charge is 0.119 e. The van der Waals surface area contributed by atoms with Crippen molar-refractivity contribution in [1.82, 2.24) is 9.97 Å². The Balaban J connectivity index is 2.30. The quantitative estimate of drug-likeness (QED) is 0.946. The summed E-state index contributed by atoms with van der Waals surface area (Å²) in [6.07, 6.45) is 5.09. The van der Waals surface area contributed by atoms with E-state index in [0.717, 1.165) is 20.0 Å². The van der Waals surface area contributed by atoms with Crippen molar-refractivity contribution in [2.45, 2.75) is 16.5 Å². The first-order valence-electron chi connectivity index (χ1n) is 4.72. The minimum absolute atomic E-state index is 0.524. The van der Waals surface area contributed by atoms with Gasteiger partial charge in [0.15, 0.2) is 0 Å². The third-order valence-corrected chi connectivity index (χ3v) is 3.52. The van der Waals surface area contributed by atoms with Crippen LogP contribution in [0.2, 0.25) is 0 Å². The fourth-order valence-corrected chi connectivity index (χ4v) is 2.68. The zero-order valence-electron chi connectivity index (χ0n) is 8.43. The standard InChI is InChI=1S/C11H10BrN3S/c12-9-2-1-8(6-13)10(5-9)16-11-7-14-3-4-15-11/h1-5,7H,6,13H2. The van der Waals surface area contributed by atoms with Gasteiger partial charge in [0.1, 0.15) is 5.03 Å². The maximum Gasteiger partial charge on any atom is 0.119 e. The van der Waals surface area contributed by atoms with Crippen molar-refractivity contribution in [2.24, 2.45) is 5.73 Å². The molecule has 0 saturated carbocycles. The van der Waals surface area contributed by atoms with E-state index in [2.05, 4.69) is 25.9 Å². The van der Waals surface area contributed by atoms with E-state index in [9.17, 15) is 0 Å². The van der Waals surface area contributed by atoms with Crippen molar-refractivity contribution in [3.8, 4) is 0 Å². The summed E-state index contributed by atoms with van der Waals surface area (Å²) in [6.45, 7) is 0.524. The maximum atomic E-state index is 5.69. The molecule has 0 atom stereocenters. The molecule has 0 saturated heterocycles. The number of hydrogen-bond donors (Lipinski definition) is 1. The molecule has 2 N–H and O–H groups in total. The molecule has 82 valence electrons. The van der Waals surface area contributed by atoms with Crippen LogP contribution in [0.15, 0.2) is 51.2 Å². The Kier molecular flexibility index (Phi) is 3.93. The lowest BCUT2D eigenvalue weighted by Gasteiger charge is -2.06. The van der Waals surface area contributed by atoms with Gasteiger partial charge in [0.25, 0.3) is 0 Å². The Hall–Kier alpha value is -0.910. The zero-order valence-corrected chi connectivity index (χ0v) is 10.8. The predicted molar refractivity (Wildman–Crippen MR) is 68.2 cm³/mol. The summed E-state index contributed by atoms with van der Waals surface area (Å²) < 4.78 is 1.04. The minimum Gasteiger partial charge on any atom is -0.326 e. The molecule has 2 rings (SSSR count). The first kappa shape index (κ1) is 11.6. The normalized spacial score (nSPS) is 10.4. The number of hydrogen-bond acceptors (Lipinski definition) is 4. The molecule has 0 spiro atoms. The topological polar surface area (TPSA) is 51.8 Å². The summed E-state index contributed by atoms with van der Waals surface area (Å²) in [4.78, 5) is 9.36. The molecule has 2 aromatic rings. The van der Waals surface area contributed by atoms with Crippen molar-refractivity contribution in [3.05, 3.63) is 46.8 Å². The molecule has 0 bridgehead atoms. The van der Waals surface area contributed by atoms with Crippen LogP contribution < -0.4 is 5.73 Å². The number of nitrogens with two attached hydrogens (primary N) is 1. The maximum absolute atomic E-state index is 5.69. The van der Waals surface area contributed by atoms with Crippen LogP contribution in [-0.4, -0.2) is 9.97 Å². The van der Waals surface area contributed by atoms with Gasteiger partial charge in [0.2, 0.25) is 0 Å². The Labute approximate surface area is 107 Å². The summed E-state index contributed by atoms with van der Waals surface area (Å²) in [7, 11) is 0. The molecule has 1 heterocycles. The van der Waals surface area contributed by atoms with E-state index in [4.69, 9.17) is 5.73 Å². The number of halogens is 1. The average molecular weight is 296 g/mol. The van der Waals surface area contributed by atoms with E-state index in [1.165, 1.54) is 0 Å². The fourth-order valence-electron chi connectivity index (χ4n) is 1.24. The van der Waals surface area contributed by atoms with Gasteiger partial charge in [-0.1, -0.05) is 33.8 Å². The molecular formula is C11H10BrN3S. The zero-order chi connectivity index (χ0) is 11.4. The van der Waals surface area contributed by atoms with Crippen LogP contribution in [0.4, 0.5) is 0 Å². The van der Waals surface area contributed by atoms with Gasteiger partial charge < -0.3 is 5.73 Å². The van der Waals surface area contributed by atoms with E-state index < -0.39 is 0 Å². The lowest BCUT2D eigenvalue weighted by molar-refractivity contribution is 1.01. The summed E-state index contributed by atoms with van der Waals surface area (Å²) in [5.74, 6) is 0. The van der Waals surface area contributed by atoms with Crippen LogP contribution in [0.1, 0.15) is 5.56 Å². The summed E-state index contributed by atoms with van der Waals surface area (Å²) in [5.41, 5.74) is 6.80. The summed E-state index contributed by atoms with van der Waals surface area (Å²) in [5, 5.41) is 0.871. The van der Waals surface area contributed by atoms with Crippen LogP contribution in [-0.2, 0) is 6.54 Å². The minimum atomic E-state index is 0.524. The Morgan fingerprint density at radius 3 is 2.88 bits per heavy atom. The third kappa shape index (κ3) is 2.81. The summed E-state index contributed by atoms with van der Waals surface area (Å²) >= 11 is 5.02. The molecule has 0 radical (unpaired) electrons. The molecule has 0 aliphatic rings. The van der Waals surface area contributed by atoms with Gasteiger partial charge in [-0.3, -0.25) is 4.98 Å². The van der Waals surface area contributed by atoms with Crippen molar-refractivity contribution in [2.75, 3.05) is 0 Å². The number of nitrogens with zero attached hydrogens (tertiary/aromatic N) is 2. The van der Waals surface area contributed by atoms with Crippen molar-refractivity contribution in [1.29, 1.82) is 0 Å². The Morgan fingerprint density at radius 2 is 2.19 bits per heavy atom. The highest BCUT2D eigenvalue weighted by atomic mass is 79.9. The number of rotatable bonds is 3. The second-order valence-electron chi connectivity index (χ2n) is 3.10. The van der Waals surface area contributed by atoms with Gasteiger partial charge >= 0.3 is 0 Å². The van der Waals surface area contributed by atoms with E-state index >= 15 is 0 Å². The molecule has 5 heteroatoms. The molecule has 1 aromatic carbocycles. The van der Waals surface area contributed by atoms with Crippen molar-refractivity contribution in [3.63, 3.8) is 0 Å². The highest BCUT2D eigenvalue weighted by Crippen LogP contribution is 2.30. The Bertz CT molecular complexity index is 476. The second-order valence-corrected chi connectivity index (χ2v) is 5.08. The van der Waals surface area contributed by atoms with Gasteiger partial charge in [-0.15, -0.1) is 0 Å². The molecule has 0 aliphatic heterocycles. The fraction of sp³-hybridized carbons (Fsp3) is 0.0909. The molecular weight excluding hydrogens is 286 g/mol. The first-order chi connectivity index (χ1) is 7.79. The van der Waals surface area contributed by atoms with E-state index in [-0.39, 0.29) is 0 Å². The molecule has 0 fully saturated rings. The third-order valence-electron chi connectivity index (χ3n) is 2.00. The number of benzene rings is 1. The van der Waals surface area contributed by atoms with Gasteiger partial charge in [-0.05, 0) is 17.7 Å². The monoisotopic (exact) mass is 295 g/mol. The van der Waals surface area contributed by atoms with Crippen molar-refractivity contribution >= 4 is 27.7 Å². The highest BCUT2D eigenvalue weighted by molar-refractivity contribution is 9.10. The number of aromatic nitrogens is 2. The Morgan fingerprint density at radius 1 is 1.31 bits per heavy atom.